The van der Waals surface area contributed by atoms with Crippen LogP contribution in [-0.2, 0) is 0 Å². The lowest BCUT2D eigenvalue weighted by Gasteiger charge is -2.06. The Labute approximate surface area is 111 Å². The number of aromatic nitrogens is 1. The van der Waals surface area contributed by atoms with Gasteiger partial charge in [-0.15, -0.1) is 11.8 Å². The van der Waals surface area contributed by atoms with Crippen LogP contribution in [0.3, 0.4) is 0 Å². The van der Waals surface area contributed by atoms with Crippen LogP contribution < -0.4 is 10.5 Å². The highest BCUT2D eigenvalue weighted by atomic mass is 32.2. The van der Waals surface area contributed by atoms with Gasteiger partial charge < -0.3 is 10.5 Å². The van der Waals surface area contributed by atoms with Crippen LogP contribution in [0, 0.1) is 6.92 Å². The van der Waals surface area contributed by atoms with Gasteiger partial charge >= 0.3 is 0 Å². The number of nitrogens with two attached hydrogens (primary N) is 1. The van der Waals surface area contributed by atoms with Crippen LogP contribution in [0.15, 0.2) is 47.6 Å². The van der Waals surface area contributed by atoms with Crippen molar-refractivity contribution in [2.75, 3.05) is 18.1 Å². The quantitative estimate of drug-likeness (QED) is 0.662. The predicted octanol–water partition coefficient (Wildman–Crippen LogP) is 3.14. The highest BCUT2D eigenvalue weighted by Gasteiger charge is 1.97. The van der Waals surface area contributed by atoms with Crippen LogP contribution in [0.4, 0.5) is 5.69 Å². The first kappa shape index (κ1) is 12.8. The summed E-state index contributed by atoms with van der Waals surface area (Å²) in [5.74, 6) is 1.78. The first-order chi connectivity index (χ1) is 8.74. The molecule has 4 heteroatoms. The first-order valence-corrected chi connectivity index (χ1v) is 6.76. The van der Waals surface area contributed by atoms with Crippen molar-refractivity contribution < 1.29 is 4.74 Å². The number of thioether (sulfide) groups is 1. The number of benzene rings is 1. The van der Waals surface area contributed by atoms with E-state index in [0.717, 1.165) is 16.5 Å². The fourth-order valence-electron chi connectivity index (χ4n) is 1.49. The number of rotatable bonds is 5. The lowest BCUT2D eigenvalue weighted by molar-refractivity contribution is 0.343. The van der Waals surface area contributed by atoms with Crippen LogP contribution in [0.1, 0.15) is 5.56 Å². The summed E-state index contributed by atoms with van der Waals surface area (Å²) in [6.07, 6.45) is 1.67. The number of nitrogen functional groups attached to an aromatic ring is 1. The van der Waals surface area contributed by atoms with Crippen molar-refractivity contribution >= 4 is 17.4 Å². The number of pyridine rings is 1. The lowest BCUT2D eigenvalue weighted by Crippen LogP contribution is -2.00. The number of aryl methyl sites for hydroxylation is 1. The third-order valence-corrected chi connectivity index (χ3v) is 3.26. The molecule has 0 aliphatic heterocycles. The van der Waals surface area contributed by atoms with E-state index in [9.17, 15) is 0 Å². The van der Waals surface area contributed by atoms with Gasteiger partial charge in [0.1, 0.15) is 5.75 Å². The molecule has 0 atom stereocenters. The Kier molecular flexibility index (Phi) is 4.47. The van der Waals surface area contributed by atoms with Gasteiger partial charge in [-0.25, -0.2) is 4.98 Å². The maximum atomic E-state index is 5.66. The third-order valence-electron chi connectivity index (χ3n) is 2.35. The molecule has 0 aliphatic rings. The molecule has 0 radical (unpaired) electrons. The second-order valence-electron chi connectivity index (χ2n) is 3.94. The van der Waals surface area contributed by atoms with Crippen LogP contribution >= 0.6 is 11.8 Å². The smallest absolute Gasteiger partial charge is 0.119 e. The second-order valence-corrected chi connectivity index (χ2v) is 5.06. The molecule has 1 heterocycles. The van der Waals surface area contributed by atoms with Gasteiger partial charge in [-0.2, -0.15) is 0 Å². The normalized spacial score (nSPS) is 10.3. The lowest BCUT2D eigenvalue weighted by atomic mass is 10.2. The summed E-state index contributed by atoms with van der Waals surface area (Å²) in [6.45, 7) is 2.72. The minimum atomic E-state index is 0.667. The van der Waals surface area contributed by atoms with Gasteiger partial charge in [-0.3, -0.25) is 0 Å². The molecule has 2 aromatic rings. The molecule has 0 amide bonds. The average Bonchev–Trinajstić information content (AvgIpc) is 2.37. The van der Waals surface area contributed by atoms with Crippen molar-refractivity contribution in [1.29, 1.82) is 0 Å². The molecule has 18 heavy (non-hydrogen) atoms. The number of nitrogens with zero attached hydrogens (tertiary/aromatic N) is 1. The highest BCUT2D eigenvalue weighted by molar-refractivity contribution is 7.99. The van der Waals surface area contributed by atoms with Crippen LogP contribution in [-0.4, -0.2) is 17.3 Å². The van der Waals surface area contributed by atoms with E-state index < -0.39 is 0 Å². The molecule has 2 rings (SSSR count). The van der Waals surface area contributed by atoms with E-state index in [0.29, 0.717) is 12.3 Å². The molecular weight excluding hydrogens is 244 g/mol. The van der Waals surface area contributed by atoms with E-state index in [-0.39, 0.29) is 0 Å². The van der Waals surface area contributed by atoms with E-state index in [1.165, 1.54) is 5.56 Å². The zero-order chi connectivity index (χ0) is 12.8. The van der Waals surface area contributed by atoms with Crippen molar-refractivity contribution in [2.24, 2.45) is 0 Å². The standard InChI is InChI=1S/C14H16N2OS/c1-11-3-2-4-13(9-11)17-7-8-18-14-6-5-12(15)10-16-14/h2-6,9-10H,7-8,15H2,1H3. The molecule has 0 bridgehead atoms. The Morgan fingerprint density at radius 3 is 2.89 bits per heavy atom. The Bertz CT molecular complexity index is 499. The zero-order valence-corrected chi connectivity index (χ0v) is 11.1. The summed E-state index contributed by atoms with van der Waals surface area (Å²) in [6, 6.07) is 11.8. The maximum absolute atomic E-state index is 5.66. The topological polar surface area (TPSA) is 48.1 Å². The first-order valence-electron chi connectivity index (χ1n) is 5.78. The number of hydrogen-bond donors (Lipinski definition) is 1. The van der Waals surface area contributed by atoms with E-state index in [1.54, 1.807) is 18.0 Å². The number of hydrogen-bond acceptors (Lipinski definition) is 4. The Morgan fingerprint density at radius 2 is 2.17 bits per heavy atom. The zero-order valence-electron chi connectivity index (χ0n) is 10.3. The van der Waals surface area contributed by atoms with Crippen molar-refractivity contribution in [3.8, 4) is 5.75 Å². The summed E-state index contributed by atoms with van der Waals surface area (Å²) >= 11 is 1.66. The molecule has 0 saturated carbocycles. The minimum Gasteiger partial charge on any atom is -0.493 e. The molecule has 1 aromatic carbocycles. The largest absolute Gasteiger partial charge is 0.493 e. The van der Waals surface area contributed by atoms with Gasteiger partial charge in [0.15, 0.2) is 0 Å². The van der Waals surface area contributed by atoms with Gasteiger partial charge in [0.05, 0.1) is 23.5 Å². The molecule has 0 fully saturated rings. The molecule has 0 aliphatic carbocycles. The molecule has 1 aromatic heterocycles. The fraction of sp³-hybridized carbons (Fsp3) is 0.214. The molecule has 0 unspecified atom stereocenters. The molecular formula is C14H16N2OS. The van der Waals surface area contributed by atoms with Gasteiger partial charge in [0.2, 0.25) is 0 Å². The van der Waals surface area contributed by atoms with E-state index in [2.05, 4.69) is 18.0 Å². The Morgan fingerprint density at radius 1 is 1.28 bits per heavy atom. The summed E-state index contributed by atoms with van der Waals surface area (Å²) in [5.41, 5.74) is 7.47. The monoisotopic (exact) mass is 260 g/mol. The fourth-order valence-corrected chi connectivity index (χ4v) is 2.16. The summed E-state index contributed by atoms with van der Waals surface area (Å²) in [5, 5.41) is 0.969. The summed E-state index contributed by atoms with van der Waals surface area (Å²) in [4.78, 5) is 4.22. The van der Waals surface area contributed by atoms with Crippen molar-refractivity contribution in [1.82, 2.24) is 4.98 Å². The van der Waals surface area contributed by atoms with Gasteiger partial charge in [0, 0.05) is 5.75 Å². The highest BCUT2D eigenvalue weighted by Crippen LogP contribution is 2.17. The molecule has 3 nitrogen and oxygen atoms in total. The molecule has 0 spiro atoms. The minimum absolute atomic E-state index is 0.667. The molecule has 2 N–H and O–H groups in total. The third kappa shape index (κ3) is 3.96. The van der Waals surface area contributed by atoms with Gasteiger partial charge in [-0.05, 0) is 36.8 Å². The Balaban J connectivity index is 1.74. The summed E-state index contributed by atoms with van der Waals surface area (Å²) in [7, 11) is 0. The van der Waals surface area contributed by atoms with Crippen LogP contribution in [0.2, 0.25) is 0 Å². The van der Waals surface area contributed by atoms with E-state index >= 15 is 0 Å². The van der Waals surface area contributed by atoms with Crippen molar-refractivity contribution in [2.45, 2.75) is 11.9 Å². The van der Waals surface area contributed by atoms with Crippen molar-refractivity contribution in [3.05, 3.63) is 48.2 Å². The molecule has 0 saturated heterocycles. The van der Waals surface area contributed by atoms with Gasteiger partial charge in [0.25, 0.3) is 0 Å². The van der Waals surface area contributed by atoms with Crippen molar-refractivity contribution in [3.63, 3.8) is 0 Å². The average molecular weight is 260 g/mol. The number of anilines is 1. The van der Waals surface area contributed by atoms with Crippen LogP contribution in [0.25, 0.3) is 0 Å². The van der Waals surface area contributed by atoms with E-state index in [4.69, 9.17) is 10.5 Å². The number of ether oxygens (including phenoxy) is 1. The van der Waals surface area contributed by atoms with Crippen LogP contribution in [0.5, 0.6) is 5.75 Å². The Hall–Kier alpha value is -1.68. The summed E-state index contributed by atoms with van der Waals surface area (Å²) < 4.78 is 5.66. The molecule has 94 valence electrons. The van der Waals surface area contributed by atoms with E-state index in [1.807, 2.05) is 30.3 Å². The van der Waals surface area contributed by atoms with Gasteiger partial charge in [-0.1, -0.05) is 12.1 Å². The maximum Gasteiger partial charge on any atom is 0.119 e. The second kappa shape index (κ2) is 6.31. The SMILES string of the molecule is Cc1cccc(OCCSc2ccc(N)cn2)c1. The predicted molar refractivity (Wildman–Crippen MR) is 76.0 cm³/mol.